The number of nitrogens with one attached hydrogen (secondary N) is 4. The number of fused-ring (bicyclic) bond motifs is 2. The van der Waals surface area contributed by atoms with E-state index in [1.807, 2.05) is 48.5 Å². The smallest absolute Gasteiger partial charge is 0.263 e. The van der Waals surface area contributed by atoms with E-state index >= 15 is 0 Å². The summed E-state index contributed by atoms with van der Waals surface area (Å²) in [5.74, 6) is 0. The van der Waals surface area contributed by atoms with Gasteiger partial charge in [0.1, 0.15) is 0 Å². The van der Waals surface area contributed by atoms with Gasteiger partial charge in [0.2, 0.25) is 0 Å². The number of sulfonamides is 1. The third-order valence-corrected chi connectivity index (χ3v) is 6.34. The molecular weight excluding hydrogens is 418 g/mol. The Kier molecular flexibility index (Phi) is 5.39. The molecule has 4 aromatic rings. The van der Waals surface area contributed by atoms with Gasteiger partial charge in [0.25, 0.3) is 10.0 Å². The van der Waals surface area contributed by atoms with Crippen LogP contribution in [0.1, 0.15) is 0 Å². The molecule has 0 saturated carbocycles. The molecule has 3 aromatic carbocycles. The van der Waals surface area contributed by atoms with Crippen molar-refractivity contribution < 1.29 is 8.42 Å². The fourth-order valence-electron chi connectivity index (χ4n) is 3.06. The van der Waals surface area contributed by atoms with Crippen LogP contribution < -0.4 is 20.9 Å². The SMILES string of the molecule is CNC(=S)NS(=O)(=O)c1ccc(NNc2c3ccccc3nc3ccccc23)cc1. The fraction of sp³-hybridized carbons (Fsp3) is 0.0476. The average molecular weight is 438 g/mol. The summed E-state index contributed by atoms with van der Waals surface area (Å²) in [6.07, 6.45) is 0. The number of pyridine rings is 1. The zero-order valence-electron chi connectivity index (χ0n) is 16.0. The van der Waals surface area contributed by atoms with Crippen LogP contribution in [-0.2, 0) is 10.0 Å². The van der Waals surface area contributed by atoms with E-state index in [1.54, 1.807) is 19.2 Å². The van der Waals surface area contributed by atoms with Crippen molar-refractivity contribution in [2.24, 2.45) is 0 Å². The van der Waals surface area contributed by atoms with Crippen molar-refractivity contribution in [2.75, 3.05) is 17.9 Å². The summed E-state index contributed by atoms with van der Waals surface area (Å²) in [4.78, 5) is 4.82. The Labute approximate surface area is 179 Å². The molecule has 0 unspecified atom stereocenters. The lowest BCUT2D eigenvalue weighted by molar-refractivity contribution is 0.592. The van der Waals surface area contributed by atoms with E-state index in [-0.39, 0.29) is 10.0 Å². The van der Waals surface area contributed by atoms with Gasteiger partial charge in [-0.2, -0.15) is 0 Å². The van der Waals surface area contributed by atoms with E-state index in [4.69, 9.17) is 17.2 Å². The molecule has 0 fully saturated rings. The van der Waals surface area contributed by atoms with Gasteiger partial charge in [0, 0.05) is 17.8 Å². The number of para-hydroxylation sites is 2. The Hall–Kier alpha value is -3.43. The van der Waals surface area contributed by atoms with Crippen molar-refractivity contribution in [3.63, 3.8) is 0 Å². The van der Waals surface area contributed by atoms with Gasteiger partial charge in [-0.1, -0.05) is 36.4 Å². The monoisotopic (exact) mass is 437 g/mol. The lowest BCUT2D eigenvalue weighted by atomic mass is 10.1. The summed E-state index contributed by atoms with van der Waals surface area (Å²) in [7, 11) is -2.17. The number of hydrazine groups is 1. The number of rotatable bonds is 5. The van der Waals surface area contributed by atoms with Crippen LogP contribution in [0.3, 0.4) is 0 Å². The summed E-state index contributed by atoms with van der Waals surface area (Å²) in [6, 6.07) is 22.1. The molecule has 0 atom stereocenters. The fourth-order valence-corrected chi connectivity index (χ4v) is 4.35. The van der Waals surface area contributed by atoms with Crippen LogP contribution in [-0.4, -0.2) is 25.6 Å². The molecule has 0 spiro atoms. The predicted molar refractivity (Wildman–Crippen MR) is 125 cm³/mol. The summed E-state index contributed by atoms with van der Waals surface area (Å²) < 4.78 is 26.9. The van der Waals surface area contributed by atoms with E-state index in [0.717, 1.165) is 27.5 Å². The first-order chi connectivity index (χ1) is 14.5. The van der Waals surface area contributed by atoms with Crippen LogP contribution in [0.4, 0.5) is 11.4 Å². The van der Waals surface area contributed by atoms with Gasteiger partial charge >= 0.3 is 0 Å². The molecule has 30 heavy (non-hydrogen) atoms. The van der Waals surface area contributed by atoms with Gasteiger partial charge in [-0.3, -0.25) is 10.1 Å². The van der Waals surface area contributed by atoms with Crippen LogP contribution in [0.15, 0.2) is 77.7 Å². The minimum Gasteiger partial charge on any atom is -0.365 e. The maximum atomic E-state index is 12.3. The predicted octanol–water partition coefficient (Wildman–Crippen LogP) is 3.61. The molecule has 0 aliphatic carbocycles. The first-order valence-corrected chi connectivity index (χ1v) is 11.0. The third kappa shape index (κ3) is 3.98. The van der Waals surface area contributed by atoms with Crippen LogP contribution in [0.25, 0.3) is 21.8 Å². The number of hydrogen-bond acceptors (Lipinski definition) is 6. The lowest BCUT2D eigenvalue weighted by Gasteiger charge is -2.15. The summed E-state index contributed by atoms with van der Waals surface area (Å²) in [5, 5.41) is 4.58. The van der Waals surface area contributed by atoms with Crippen LogP contribution in [0.2, 0.25) is 0 Å². The van der Waals surface area contributed by atoms with Gasteiger partial charge < -0.3 is 10.7 Å². The van der Waals surface area contributed by atoms with E-state index in [9.17, 15) is 8.42 Å². The highest BCUT2D eigenvalue weighted by Gasteiger charge is 2.15. The van der Waals surface area contributed by atoms with Crippen molar-refractivity contribution in [3.8, 4) is 0 Å². The number of thiocarbonyl (C=S) groups is 1. The van der Waals surface area contributed by atoms with Gasteiger partial charge in [-0.25, -0.2) is 13.4 Å². The average Bonchev–Trinajstić information content (AvgIpc) is 2.76. The number of hydrogen-bond donors (Lipinski definition) is 4. The zero-order chi connectivity index (χ0) is 21.1. The largest absolute Gasteiger partial charge is 0.365 e. The minimum absolute atomic E-state index is 0.0373. The van der Waals surface area contributed by atoms with Gasteiger partial charge in [0.05, 0.1) is 27.3 Å². The number of aromatic nitrogens is 1. The second-order valence-corrected chi connectivity index (χ2v) is 8.57. The van der Waals surface area contributed by atoms with Crippen molar-refractivity contribution in [1.29, 1.82) is 0 Å². The maximum Gasteiger partial charge on any atom is 0.263 e. The number of anilines is 2. The second-order valence-electron chi connectivity index (χ2n) is 6.48. The highest BCUT2D eigenvalue weighted by molar-refractivity contribution is 7.91. The highest BCUT2D eigenvalue weighted by atomic mass is 32.2. The van der Waals surface area contributed by atoms with Crippen molar-refractivity contribution in [3.05, 3.63) is 72.8 Å². The van der Waals surface area contributed by atoms with Crippen molar-refractivity contribution >= 4 is 60.5 Å². The third-order valence-electron chi connectivity index (χ3n) is 4.54. The Morgan fingerprint density at radius 2 is 1.40 bits per heavy atom. The molecule has 9 heteroatoms. The summed E-state index contributed by atoms with van der Waals surface area (Å²) >= 11 is 4.87. The summed E-state index contributed by atoms with van der Waals surface area (Å²) in [5.41, 5.74) is 9.77. The Morgan fingerprint density at radius 3 is 1.97 bits per heavy atom. The first kappa shape index (κ1) is 19.9. The van der Waals surface area contributed by atoms with Crippen LogP contribution in [0.5, 0.6) is 0 Å². The molecule has 0 aliphatic heterocycles. The Balaban J connectivity index is 1.61. The molecule has 4 N–H and O–H groups in total. The van der Waals surface area contributed by atoms with Gasteiger partial charge in [0.15, 0.2) is 5.11 Å². The molecule has 1 aromatic heterocycles. The standard InChI is InChI=1S/C21H19N5O2S2/c1-22-21(29)26-30(27,28)15-12-10-14(11-13-15)24-25-20-16-6-2-4-8-18(16)23-19-9-5-3-7-17(19)20/h2-13,24H,1H3,(H,23,25)(H2,22,26,29). The minimum atomic E-state index is -3.72. The van der Waals surface area contributed by atoms with E-state index in [2.05, 4.69) is 20.9 Å². The normalized spacial score (nSPS) is 11.2. The highest BCUT2D eigenvalue weighted by Crippen LogP contribution is 2.30. The number of benzene rings is 3. The van der Waals surface area contributed by atoms with Crippen LogP contribution >= 0.6 is 12.2 Å². The molecule has 4 rings (SSSR count). The zero-order valence-corrected chi connectivity index (χ0v) is 17.6. The molecule has 7 nitrogen and oxygen atoms in total. The quantitative estimate of drug-likeness (QED) is 0.215. The van der Waals surface area contributed by atoms with E-state index in [0.29, 0.717) is 5.69 Å². The first-order valence-electron chi connectivity index (χ1n) is 9.12. The van der Waals surface area contributed by atoms with E-state index < -0.39 is 10.0 Å². The molecule has 0 radical (unpaired) electrons. The molecular formula is C21H19N5O2S2. The van der Waals surface area contributed by atoms with Crippen molar-refractivity contribution in [1.82, 2.24) is 15.0 Å². The number of nitrogens with zero attached hydrogens (tertiary/aromatic N) is 1. The van der Waals surface area contributed by atoms with E-state index in [1.165, 1.54) is 12.1 Å². The van der Waals surface area contributed by atoms with Gasteiger partial charge in [-0.05, 0) is 48.6 Å². The Morgan fingerprint density at radius 1 is 0.833 bits per heavy atom. The Bertz CT molecular complexity index is 1280. The molecule has 0 saturated heterocycles. The van der Waals surface area contributed by atoms with Crippen molar-refractivity contribution in [2.45, 2.75) is 4.90 Å². The summed E-state index contributed by atoms with van der Waals surface area (Å²) in [6.45, 7) is 0. The molecule has 152 valence electrons. The molecule has 0 aliphatic rings. The molecule has 0 bridgehead atoms. The topological polar surface area (TPSA) is 95.1 Å². The molecule has 1 heterocycles. The molecule has 0 amide bonds. The second kappa shape index (κ2) is 8.13. The maximum absolute atomic E-state index is 12.3. The van der Waals surface area contributed by atoms with Gasteiger partial charge in [-0.15, -0.1) is 0 Å². The lowest BCUT2D eigenvalue weighted by Crippen LogP contribution is -2.37. The van der Waals surface area contributed by atoms with Crippen LogP contribution in [0, 0.1) is 0 Å².